The fourth-order valence-electron chi connectivity index (χ4n) is 1.75. The van der Waals surface area contributed by atoms with Crippen molar-refractivity contribution in [3.05, 3.63) is 41.5 Å². The van der Waals surface area contributed by atoms with Crippen molar-refractivity contribution in [3.8, 4) is 0 Å². The molecule has 0 spiro atoms. The molecular formula is C16H20F2N2O3. The summed E-state index contributed by atoms with van der Waals surface area (Å²) in [7, 11) is 3.00. The summed E-state index contributed by atoms with van der Waals surface area (Å²) in [6, 6.07) is 3.44. The Hall–Kier alpha value is -2.28. The molecular weight excluding hydrogens is 306 g/mol. The van der Waals surface area contributed by atoms with E-state index in [4.69, 9.17) is 4.74 Å². The molecule has 0 saturated heterocycles. The predicted molar refractivity (Wildman–Crippen MR) is 82.5 cm³/mol. The molecule has 5 nitrogen and oxygen atoms in total. The number of carbonyl (C=O) groups excluding carboxylic acids is 2. The third kappa shape index (κ3) is 6.56. The Morgan fingerprint density at radius 3 is 2.57 bits per heavy atom. The quantitative estimate of drug-likeness (QED) is 0.583. The van der Waals surface area contributed by atoms with Crippen molar-refractivity contribution in [3.63, 3.8) is 0 Å². The van der Waals surface area contributed by atoms with Crippen LogP contribution in [-0.2, 0) is 14.3 Å². The van der Waals surface area contributed by atoms with Gasteiger partial charge in [-0.25, -0.2) is 8.78 Å². The number of hydrogen-bond acceptors (Lipinski definition) is 3. The van der Waals surface area contributed by atoms with Gasteiger partial charge in [0.2, 0.25) is 11.8 Å². The number of carbonyl (C=O) groups is 2. The number of halogens is 2. The third-order valence-corrected chi connectivity index (χ3v) is 3.00. The lowest BCUT2D eigenvalue weighted by atomic mass is 10.2. The first-order valence-electron chi connectivity index (χ1n) is 7.08. The Morgan fingerprint density at radius 2 is 1.96 bits per heavy atom. The smallest absolute Gasteiger partial charge is 0.246 e. The molecule has 0 saturated carbocycles. The highest BCUT2D eigenvalue weighted by molar-refractivity contribution is 5.94. The van der Waals surface area contributed by atoms with Crippen LogP contribution in [0.15, 0.2) is 24.3 Å². The molecule has 126 valence electrons. The molecule has 2 amide bonds. The number of amides is 2. The first-order valence-corrected chi connectivity index (χ1v) is 7.08. The Balaban J connectivity index is 2.50. The lowest BCUT2D eigenvalue weighted by Crippen LogP contribution is -2.38. The standard InChI is InChI=1S/C16H20F2N2O3/c1-20(11-15(21)19-9-4-10-23-2)16(22)8-7-12-13(17)5-3-6-14(12)18/h3,5-8H,4,9-11H2,1-2H3,(H,19,21)/b8-7+. The van der Waals surface area contributed by atoms with Gasteiger partial charge in [-0.1, -0.05) is 6.07 Å². The van der Waals surface area contributed by atoms with Crippen LogP contribution < -0.4 is 5.32 Å². The van der Waals surface area contributed by atoms with E-state index < -0.39 is 17.5 Å². The second-order valence-corrected chi connectivity index (χ2v) is 4.86. The molecule has 0 aromatic heterocycles. The normalized spacial score (nSPS) is 10.8. The summed E-state index contributed by atoms with van der Waals surface area (Å²) in [5.41, 5.74) is -0.293. The Bertz CT molecular complexity index is 556. The van der Waals surface area contributed by atoms with Crippen LogP contribution in [0.5, 0.6) is 0 Å². The van der Waals surface area contributed by atoms with E-state index in [-0.39, 0.29) is 18.0 Å². The molecule has 0 unspecified atom stereocenters. The lowest BCUT2D eigenvalue weighted by Gasteiger charge is -2.14. The van der Waals surface area contributed by atoms with E-state index in [0.717, 1.165) is 29.2 Å². The molecule has 1 rings (SSSR count). The zero-order chi connectivity index (χ0) is 17.2. The van der Waals surface area contributed by atoms with Crippen molar-refractivity contribution in [2.75, 3.05) is 33.9 Å². The second-order valence-electron chi connectivity index (χ2n) is 4.86. The molecule has 0 aliphatic heterocycles. The predicted octanol–water partition coefficient (Wildman–Crippen LogP) is 1.59. The number of hydrogen-bond donors (Lipinski definition) is 1. The van der Waals surface area contributed by atoms with Gasteiger partial charge in [0.1, 0.15) is 11.6 Å². The van der Waals surface area contributed by atoms with Gasteiger partial charge in [-0.2, -0.15) is 0 Å². The van der Waals surface area contributed by atoms with Gasteiger partial charge in [-0.3, -0.25) is 9.59 Å². The van der Waals surface area contributed by atoms with Crippen LogP contribution in [0, 0.1) is 11.6 Å². The van der Waals surface area contributed by atoms with E-state index in [1.165, 1.54) is 13.1 Å². The van der Waals surface area contributed by atoms with Gasteiger partial charge in [0.15, 0.2) is 0 Å². The van der Waals surface area contributed by atoms with Crippen LogP contribution in [-0.4, -0.2) is 50.6 Å². The molecule has 7 heteroatoms. The van der Waals surface area contributed by atoms with Crippen molar-refractivity contribution in [2.24, 2.45) is 0 Å². The molecule has 0 atom stereocenters. The summed E-state index contributed by atoms with van der Waals surface area (Å²) in [5, 5.41) is 2.64. The summed E-state index contributed by atoms with van der Waals surface area (Å²) >= 11 is 0. The van der Waals surface area contributed by atoms with Crippen LogP contribution in [0.25, 0.3) is 6.08 Å². The molecule has 0 bridgehead atoms. The monoisotopic (exact) mass is 326 g/mol. The van der Waals surface area contributed by atoms with Crippen LogP contribution in [0.1, 0.15) is 12.0 Å². The summed E-state index contributed by atoms with van der Waals surface area (Å²) in [5.74, 6) is -2.36. The first-order chi connectivity index (χ1) is 11.0. The van der Waals surface area contributed by atoms with Gasteiger partial charge in [-0.15, -0.1) is 0 Å². The maximum Gasteiger partial charge on any atom is 0.246 e. The molecule has 1 aromatic rings. The summed E-state index contributed by atoms with van der Waals surface area (Å²) in [6.07, 6.45) is 2.76. The van der Waals surface area contributed by atoms with Crippen molar-refractivity contribution >= 4 is 17.9 Å². The molecule has 0 heterocycles. The highest BCUT2D eigenvalue weighted by Gasteiger charge is 2.11. The van der Waals surface area contributed by atoms with E-state index in [0.29, 0.717) is 19.6 Å². The molecule has 1 N–H and O–H groups in total. The van der Waals surface area contributed by atoms with Gasteiger partial charge in [0, 0.05) is 38.9 Å². The van der Waals surface area contributed by atoms with Crippen molar-refractivity contribution in [1.29, 1.82) is 0 Å². The minimum Gasteiger partial charge on any atom is -0.385 e. The summed E-state index contributed by atoms with van der Waals surface area (Å²) in [6.45, 7) is 0.840. The average Bonchev–Trinajstić information content (AvgIpc) is 2.50. The van der Waals surface area contributed by atoms with Crippen molar-refractivity contribution < 1.29 is 23.1 Å². The SMILES string of the molecule is COCCCNC(=O)CN(C)C(=O)/C=C/c1c(F)cccc1F. The highest BCUT2D eigenvalue weighted by Crippen LogP contribution is 2.13. The minimum absolute atomic E-state index is 0.143. The van der Waals surface area contributed by atoms with Gasteiger partial charge < -0.3 is 15.0 Å². The van der Waals surface area contributed by atoms with Crippen LogP contribution in [0.4, 0.5) is 8.78 Å². The van der Waals surface area contributed by atoms with E-state index in [1.807, 2.05) is 0 Å². The van der Waals surface area contributed by atoms with E-state index in [9.17, 15) is 18.4 Å². The maximum absolute atomic E-state index is 13.4. The average molecular weight is 326 g/mol. The number of likely N-dealkylation sites (N-methyl/N-ethyl adjacent to an activating group) is 1. The van der Waals surface area contributed by atoms with Crippen molar-refractivity contribution in [2.45, 2.75) is 6.42 Å². The van der Waals surface area contributed by atoms with E-state index in [2.05, 4.69) is 5.32 Å². The molecule has 0 aliphatic rings. The van der Waals surface area contributed by atoms with Crippen molar-refractivity contribution in [1.82, 2.24) is 10.2 Å². The number of ether oxygens (including phenoxy) is 1. The lowest BCUT2D eigenvalue weighted by molar-refractivity contribution is -0.131. The number of benzene rings is 1. The molecule has 0 radical (unpaired) electrons. The third-order valence-electron chi connectivity index (χ3n) is 3.00. The fraction of sp³-hybridized carbons (Fsp3) is 0.375. The first kappa shape index (κ1) is 18.8. The fourth-order valence-corrected chi connectivity index (χ4v) is 1.75. The molecule has 1 aromatic carbocycles. The Morgan fingerprint density at radius 1 is 1.30 bits per heavy atom. The molecule has 0 fully saturated rings. The zero-order valence-electron chi connectivity index (χ0n) is 13.1. The molecule has 23 heavy (non-hydrogen) atoms. The Labute approximate surface area is 133 Å². The van der Waals surface area contributed by atoms with E-state index in [1.54, 1.807) is 7.11 Å². The number of rotatable bonds is 8. The number of nitrogens with zero attached hydrogens (tertiary/aromatic N) is 1. The van der Waals surface area contributed by atoms with Gasteiger partial charge in [0.05, 0.1) is 6.54 Å². The number of methoxy groups -OCH3 is 1. The van der Waals surface area contributed by atoms with Gasteiger partial charge >= 0.3 is 0 Å². The number of nitrogens with one attached hydrogen (secondary N) is 1. The van der Waals surface area contributed by atoms with Crippen LogP contribution >= 0.6 is 0 Å². The topological polar surface area (TPSA) is 58.6 Å². The Kier molecular flexibility index (Phi) is 7.90. The van der Waals surface area contributed by atoms with Crippen LogP contribution in [0.3, 0.4) is 0 Å². The highest BCUT2D eigenvalue weighted by atomic mass is 19.1. The minimum atomic E-state index is -0.757. The summed E-state index contributed by atoms with van der Waals surface area (Å²) in [4.78, 5) is 24.6. The molecule has 0 aliphatic carbocycles. The largest absolute Gasteiger partial charge is 0.385 e. The summed E-state index contributed by atoms with van der Waals surface area (Å²) < 4.78 is 31.7. The van der Waals surface area contributed by atoms with E-state index >= 15 is 0 Å². The van der Waals surface area contributed by atoms with Gasteiger partial charge in [0.25, 0.3) is 0 Å². The zero-order valence-corrected chi connectivity index (χ0v) is 13.1. The van der Waals surface area contributed by atoms with Gasteiger partial charge in [-0.05, 0) is 24.6 Å². The van der Waals surface area contributed by atoms with Crippen LogP contribution in [0.2, 0.25) is 0 Å². The second kappa shape index (κ2) is 9.68. The maximum atomic E-state index is 13.4.